The molecular weight excluding hydrogens is 274 g/mol. The van der Waals surface area contributed by atoms with Crippen LogP contribution in [0.15, 0.2) is 47.2 Å². The van der Waals surface area contributed by atoms with Gasteiger partial charge in [-0.15, -0.1) is 0 Å². The van der Waals surface area contributed by atoms with E-state index in [1.54, 1.807) is 18.5 Å². The zero-order valence-electron chi connectivity index (χ0n) is 11.0. The largest absolute Gasteiger partial charge is 0.360 e. The van der Waals surface area contributed by atoms with Crippen LogP contribution in [0, 0.1) is 0 Å². The van der Waals surface area contributed by atoms with Crippen molar-refractivity contribution in [1.29, 1.82) is 0 Å². The molecule has 1 N–H and O–H groups in total. The molecule has 0 aliphatic rings. The summed E-state index contributed by atoms with van der Waals surface area (Å²) >= 11 is 5.94. The maximum atomic E-state index is 5.94. The van der Waals surface area contributed by atoms with E-state index in [1.807, 2.05) is 24.3 Å². The van der Waals surface area contributed by atoms with Crippen LogP contribution in [0.4, 0.5) is 5.82 Å². The average molecular weight is 288 g/mol. The SMILES string of the molecule is CCC(Nc1noc2cc(Cl)ccc12)c1ccncc1. The van der Waals surface area contributed by atoms with Crippen LogP contribution in [0.25, 0.3) is 11.0 Å². The fourth-order valence-electron chi connectivity index (χ4n) is 2.20. The number of nitrogens with zero attached hydrogens (tertiary/aromatic N) is 2. The van der Waals surface area contributed by atoms with E-state index in [9.17, 15) is 0 Å². The number of fused-ring (bicyclic) bond motifs is 1. The Labute approximate surface area is 121 Å². The number of benzene rings is 1. The summed E-state index contributed by atoms with van der Waals surface area (Å²) in [7, 11) is 0. The van der Waals surface area contributed by atoms with Crippen LogP contribution in [0.1, 0.15) is 24.9 Å². The molecule has 0 aliphatic heterocycles. The van der Waals surface area contributed by atoms with Crippen LogP contribution in [0.2, 0.25) is 5.02 Å². The summed E-state index contributed by atoms with van der Waals surface area (Å²) in [6, 6.07) is 9.68. The summed E-state index contributed by atoms with van der Waals surface area (Å²) < 4.78 is 5.30. The van der Waals surface area contributed by atoms with Crippen molar-refractivity contribution < 1.29 is 4.52 Å². The number of pyridine rings is 1. The van der Waals surface area contributed by atoms with Crippen LogP contribution >= 0.6 is 11.6 Å². The van der Waals surface area contributed by atoms with Crippen LogP contribution in [0.5, 0.6) is 0 Å². The van der Waals surface area contributed by atoms with E-state index in [0.29, 0.717) is 10.6 Å². The normalized spacial score (nSPS) is 12.5. The van der Waals surface area contributed by atoms with Crippen molar-refractivity contribution in [3.63, 3.8) is 0 Å². The zero-order valence-corrected chi connectivity index (χ0v) is 11.8. The molecule has 2 heterocycles. The second kappa shape index (κ2) is 5.51. The lowest BCUT2D eigenvalue weighted by atomic mass is 10.1. The zero-order chi connectivity index (χ0) is 13.9. The summed E-state index contributed by atoms with van der Waals surface area (Å²) in [5.41, 5.74) is 1.86. The van der Waals surface area contributed by atoms with E-state index < -0.39 is 0 Å². The lowest BCUT2D eigenvalue weighted by molar-refractivity contribution is 0.458. The summed E-state index contributed by atoms with van der Waals surface area (Å²) in [4.78, 5) is 4.04. The van der Waals surface area contributed by atoms with Gasteiger partial charge in [0.1, 0.15) is 0 Å². The van der Waals surface area contributed by atoms with Crippen molar-refractivity contribution in [1.82, 2.24) is 10.1 Å². The molecule has 102 valence electrons. The molecule has 0 saturated carbocycles. The summed E-state index contributed by atoms with van der Waals surface area (Å²) in [5, 5.41) is 9.07. The van der Waals surface area contributed by atoms with Crippen LogP contribution < -0.4 is 5.32 Å². The molecular formula is C15H14ClN3O. The van der Waals surface area contributed by atoms with Gasteiger partial charge in [0.05, 0.1) is 11.4 Å². The summed E-state index contributed by atoms with van der Waals surface area (Å²) in [6.45, 7) is 2.12. The van der Waals surface area contributed by atoms with E-state index in [0.717, 1.165) is 17.6 Å². The van der Waals surface area contributed by atoms with E-state index in [4.69, 9.17) is 16.1 Å². The van der Waals surface area contributed by atoms with Crippen LogP contribution in [0.3, 0.4) is 0 Å². The van der Waals surface area contributed by atoms with Gasteiger partial charge in [0.25, 0.3) is 0 Å². The van der Waals surface area contributed by atoms with Crippen LogP contribution in [-0.2, 0) is 0 Å². The molecule has 0 amide bonds. The van der Waals surface area contributed by atoms with Gasteiger partial charge >= 0.3 is 0 Å². The predicted octanol–water partition coefficient (Wildman–Crippen LogP) is 4.44. The minimum atomic E-state index is 0.168. The molecule has 5 heteroatoms. The lowest BCUT2D eigenvalue weighted by Crippen LogP contribution is -2.10. The van der Waals surface area contributed by atoms with Crippen molar-refractivity contribution in [3.8, 4) is 0 Å². The van der Waals surface area contributed by atoms with E-state index in [-0.39, 0.29) is 6.04 Å². The Kier molecular flexibility index (Phi) is 3.56. The molecule has 0 aliphatic carbocycles. The Bertz CT molecular complexity index is 711. The number of nitrogens with one attached hydrogen (secondary N) is 1. The predicted molar refractivity (Wildman–Crippen MR) is 79.9 cm³/mol. The van der Waals surface area contributed by atoms with Gasteiger partial charge in [0.15, 0.2) is 11.4 Å². The van der Waals surface area contributed by atoms with Gasteiger partial charge in [-0.25, -0.2) is 0 Å². The van der Waals surface area contributed by atoms with Gasteiger partial charge in [0.2, 0.25) is 0 Å². The first kappa shape index (κ1) is 12.9. The second-order valence-electron chi connectivity index (χ2n) is 4.56. The topological polar surface area (TPSA) is 51.0 Å². The van der Waals surface area contributed by atoms with E-state index in [2.05, 4.69) is 22.4 Å². The minimum Gasteiger partial charge on any atom is -0.360 e. The molecule has 1 atom stereocenters. The highest BCUT2D eigenvalue weighted by Crippen LogP contribution is 2.29. The monoisotopic (exact) mass is 287 g/mol. The molecule has 3 rings (SSSR count). The number of anilines is 1. The van der Waals surface area contributed by atoms with Gasteiger partial charge < -0.3 is 9.84 Å². The van der Waals surface area contributed by atoms with E-state index >= 15 is 0 Å². The lowest BCUT2D eigenvalue weighted by Gasteiger charge is -2.16. The Morgan fingerprint density at radius 2 is 2.05 bits per heavy atom. The number of hydrogen-bond acceptors (Lipinski definition) is 4. The number of halogens is 1. The Hall–Kier alpha value is -2.07. The average Bonchev–Trinajstić information content (AvgIpc) is 2.87. The quantitative estimate of drug-likeness (QED) is 0.771. The molecule has 20 heavy (non-hydrogen) atoms. The first-order valence-electron chi connectivity index (χ1n) is 6.49. The second-order valence-corrected chi connectivity index (χ2v) is 4.99. The van der Waals surface area contributed by atoms with Gasteiger partial charge in [0, 0.05) is 23.5 Å². The molecule has 4 nitrogen and oxygen atoms in total. The summed E-state index contributed by atoms with van der Waals surface area (Å²) in [5.74, 6) is 0.736. The van der Waals surface area contributed by atoms with Gasteiger partial charge in [-0.3, -0.25) is 4.98 Å². The van der Waals surface area contributed by atoms with Crippen molar-refractivity contribution >= 4 is 28.4 Å². The van der Waals surface area contributed by atoms with E-state index in [1.165, 1.54) is 5.56 Å². The Morgan fingerprint density at radius 1 is 1.25 bits per heavy atom. The molecule has 0 saturated heterocycles. The molecule has 0 spiro atoms. The number of aromatic nitrogens is 2. The molecule has 1 unspecified atom stereocenters. The van der Waals surface area contributed by atoms with Crippen molar-refractivity contribution in [2.24, 2.45) is 0 Å². The fraction of sp³-hybridized carbons (Fsp3) is 0.200. The maximum absolute atomic E-state index is 5.94. The first-order chi connectivity index (χ1) is 9.78. The molecule has 0 radical (unpaired) electrons. The Morgan fingerprint density at radius 3 is 2.80 bits per heavy atom. The van der Waals surface area contributed by atoms with Crippen molar-refractivity contribution in [2.75, 3.05) is 5.32 Å². The van der Waals surface area contributed by atoms with Crippen LogP contribution in [-0.4, -0.2) is 10.1 Å². The molecule has 2 aromatic heterocycles. The molecule has 1 aromatic carbocycles. The maximum Gasteiger partial charge on any atom is 0.177 e. The third kappa shape index (κ3) is 2.47. The Balaban J connectivity index is 1.92. The van der Waals surface area contributed by atoms with Crippen molar-refractivity contribution in [2.45, 2.75) is 19.4 Å². The summed E-state index contributed by atoms with van der Waals surface area (Å²) in [6.07, 6.45) is 4.52. The minimum absolute atomic E-state index is 0.168. The molecule has 0 bridgehead atoms. The van der Waals surface area contributed by atoms with Crippen molar-refractivity contribution in [3.05, 3.63) is 53.3 Å². The highest BCUT2D eigenvalue weighted by Gasteiger charge is 2.14. The van der Waals surface area contributed by atoms with Gasteiger partial charge in [-0.1, -0.05) is 23.7 Å². The highest BCUT2D eigenvalue weighted by molar-refractivity contribution is 6.31. The highest BCUT2D eigenvalue weighted by atomic mass is 35.5. The third-order valence-electron chi connectivity index (χ3n) is 3.26. The van der Waals surface area contributed by atoms with Gasteiger partial charge in [-0.05, 0) is 36.2 Å². The molecule has 0 fully saturated rings. The fourth-order valence-corrected chi connectivity index (χ4v) is 2.36. The number of rotatable bonds is 4. The van der Waals surface area contributed by atoms with Gasteiger partial charge in [-0.2, -0.15) is 0 Å². The third-order valence-corrected chi connectivity index (χ3v) is 3.50. The number of hydrogen-bond donors (Lipinski definition) is 1. The first-order valence-corrected chi connectivity index (χ1v) is 6.87. The molecule has 3 aromatic rings. The standard InChI is InChI=1S/C15H14ClN3O/c1-2-13(10-5-7-17-8-6-10)18-15-12-4-3-11(16)9-14(12)20-19-15/h3-9,13H,2H2,1H3,(H,18,19). The smallest absolute Gasteiger partial charge is 0.177 e.